The maximum atomic E-state index is 13.1. The Hall–Kier alpha value is -2.57. The molecule has 0 radical (unpaired) electrons. The van der Waals surface area contributed by atoms with Crippen molar-refractivity contribution in [3.8, 4) is 6.07 Å². The van der Waals surface area contributed by atoms with Gasteiger partial charge in [-0.1, -0.05) is 58.0 Å². The molecule has 4 atom stereocenters. The Balaban J connectivity index is 1.93. The monoisotopic (exact) mass is 456 g/mol. The summed E-state index contributed by atoms with van der Waals surface area (Å²) in [5.41, 5.74) is 0.891. The smallest absolute Gasteiger partial charge is 0.426 e. The first-order chi connectivity index (χ1) is 15.5. The fraction of sp³-hybridized carbons (Fsp3) is 0.625. The Morgan fingerprint density at radius 1 is 1.27 bits per heavy atom. The number of nitriles is 1. The average molecular weight is 456 g/mol. The van der Waals surface area contributed by atoms with Gasteiger partial charge in [0.1, 0.15) is 5.92 Å². The van der Waals surface area contributed by atoms with Crippen LogP contribution in [-0.2, 0) is 11.2 Å². The number of carbonyl (C=O) groups is 2. The molecule has 0 bridgehead atoms. The highest BCUT2D eigenvalue weighted by atomic mass is 16.4. The van der Waals surface area contributed by atoms with Gasteiger partial charge in [-0.3, -0.25) is 4.79 Å². The van der Waals surface area contributed by atoms with Gasteiger partial charge in [-0.2, -0.15) is 5.26 Å². The molecule has 0 saturated carbocycles. The summed E-state index contributed by atoms with van der Waals surface area (Å²) in [6, 6.07) is 10.7. The third kappa shape index (κ3) is 8.37. The lowest BCUT2D eigenvalue weighted by Crippen LogP contribution is -2.53. The number of urea groups is 1. The molecule has 3 amide bonds. The zero-order valence-corrected chi connectivity index (χ0v) is 20.1. The third-order valence-electron chi connectivity index (χ3n) is 6.04. The maximum Gasteiger partial charge on any atom is 0.475 e. The molecule has 1 aliphatic heterocycles. The summed E-state index contributed by atoms with van der Waals surface area (Å²) in [6.45, 7) is 9.04. The third-order valence-corrected chi connectivity index (χ3v) is 6.04. The Morgan fingerprint density at radius 3 is 2.52 bits per heavy atom. The lowest BCUT2D eigenvalue weighted by molar-refractivity contribution is -0.136. The highest BCUT2D eigenvalue weighted by Gasteiger charge is 2.37. The standard InChI is InChI=1S/C24H37BN4O4/c1-17(14-24(2,3)4)20(15-26)22(30)29-12-8-11-19(29)16-27-23(31)28-21(25(32)33)13-18-9-6-5-7-10-18/h5-7,9-10,17,19-21,32-33H,8,11-14,16H2,1-4H3,(H2,27,28,31)/t17?,19-,20?,21-/m0/s1. The van der Waals surface area contributed by atoms with E-state index in [4.69, 9.17) is 0 Å². The maximum absolute atomic E-state index is 13.1. The molecule has 180 valence electrons. The van der Waals surface area contributed by atoms with Crippen LogP contribution in [0.3, 0.4) is 0 Å². The predicted molar refractivity (Wildman–Crippen MR) is 128 cm³/mol. The molecule has 1 heterocycles. The van der Waals surface area contributed by atoms with E-state index in [0.29, 0.717) is 6.54 Å². The van der Waals surface area contributed by atoms with E-state index in [1.807, 2.05) is 37.3 Å². The molecule has 9 heteroatoms. The number of hydrogen-bond acceptors (Lipinski definition) is 5. The molecule has 1 aliphatic rings. The van der Waals surface area contributed by atoms with Gasteiger partial charge in [-0.15, -0.1) is 0 Å². The number of rotatable bonds is 9. The lowest BCUT2D eigenvalue weighted by atomic mass is 9.76. The molecule has 4 N–H and O–H groups in total. The summed E-state index contributed by atoms with van der Waals surface area (Å²) in [7, 11) is -1.71. The molecule has 0 spiro atoms. The fourth-order valence-electron chi connectivity index (χ4n) is 4.56. The second-order valence-electron chi connectivity index (χ2n) is 10.2. The Kier molecular flexibility index (Phi) is 9.75. The van der Waals surface area contributed by atoms with Crippen molar-refractivity contribution in [2.75, 3.05) is 13.1 Å². The van der Waals surface area contributed by atoms with Crippen LogP contribution in [-0.4, -0.2) is 59.1 Å². The molecule has 0 aliphatic carbocycles. The molecule has 1 saturated heterocycles. The van der Waals surface area contributed by atoms with Gasteiger partial charge in [0.15, 0.2) is 0 Å². The van der Waals surface area contributed by atoms with Crippen molar-refractivity contribution in [3.63, 3.8) is 0 Å². The fourth-order valence-corrected chi connectivity index (χ4v) is 4.56. The van der Waals surface area contributed by atoms with Gasteiger partial charge in [-0.25, -0.2) is 4.79 Å². The van der Waals surface area contributed by atoms with E-state index in [1.54, 1.807) is 4.90 Å². The van der Waals surface area contributed by atoms with Crippen LogP contribution in [0.1, 0.15) is 52.5 Å². The van der Waals surface area contributed by atoms with Crippen molar-refractivity contribution in [2.45, 2.75) is 65.4 Å². The van der Waals surface area contributed by atoms with Crippen LogP contribution in [0, 0.1) is 28.6 Å². The number of hydrogen-bond donors (Lipinski definition) is 4. The van der Waals surface area contributed by atoms with Gasteiger partial charge in [0.2, 0.25) is 5.91 Å². The second-order valence-corrected chi connectivity index (χ2v) is 10.2. The minimum absolute atomic E-state index is 0.0203. The first-order valence-electron chi connectivity index (χ1n) is 11.7. The van der Waals surface area contributed by atoms with Crippen molar-refractivity contribution in [2.24, 2.45) is 17.3 Å². The Morgan fingerprint density at radius 2 is 1.94 bits per heavy atom. The van der Waals surface area contributed by atoms with Crippen LogP contribution in [0.4, 0.5) is 4.79 Å². The number of carbonyl (C=O) groups excluding carboxylic acids is 2. The predicted octanol–water partition coefficient (Wildman–Crippen LogP) is 2.11. The van der Waals surface area contributed by atoms with E-state index in [1.165, 1.54) is 0 Å². The largest absolute Gasteiger partial charge is 0.475 e. The van der Waals surface area contributed by atoms with Crippen molar-refractivity contribution in [3.05, 3.63) is 35.9 Å². The lowest BCUT2D eigenvalue weighted by Gasteiger charge is -2.31. The molecule has 1 aromatic carbocycles. The molecular weight excluding hydrogens is 419 g/mol. The summed E-state index contributed by atoms with van der Waals surface area (Å²) < 4.78 is 0. The topological polar surface area (TPSA) is 126 Å². The van der Waals surface area contributed by atoms with E-state index >= 15 is 0 Å². The van der Waals surface area contributed by atoms with Crippen LogP contribution in [0.5, 0.6) is 0 Å². The van der Waals surface area contributed by atoms with Crippen molar-refractivity contribution >= 4 is 19.1 Å². The van der Waals surface area contributed by atoms with E-state index in [2.05, 4.69) is 37.5 Å². The van der Waals surface area contributed by atoms with Crippen LogP contribution in [0.15, 0.2) is 30.3 Å². The van der Waals surface area contributed by atoms with Gasteiger partial charge in [0, 0.05) is 19.1 Å². The zero-order chi connectivity index (χ0) is 24.6. The van der Waals surface area contributed by atoms with E-state index in [-0.39, 0.29) is 36.2 Å². The van der Waals surface area contributed by atoms with Gasteiger partial charge >= 0.3 is 13.1 Å². The van der Waals surface area contributed by atoms with Crippen molar-refractivity contribution < 1.29 is 19.6 Å². The van der Waals surface area contributed by atoms with E-state index in [0.717, 1.165) is 24.8 Å². The number of nitrogens with one attached hydrogen (secondary N) is 2. The van der Waals surface area contributed by atoms with Crippen LogP contribution >= 0.6 is 0 Å². The summed E-state index contributed by atoms with van der Waals surface area (Å²) in [4.78, 5) is 27.3. The quantitative estimate of drug-likeness (QED) is 0.424. The van der Waals surface area contributed by atoms with E-state index < -0.39 is 25.0 Å². The SMILES string of the molecule is CC(CC(C)(C)C)C(C#N)C(=O)N1CCC[C@H]1CNC(=O)N[C@@H](Cc1ccccc1)B(O)O. The molecule has 0 aromatic heterocycles. The Bertz CT molecular complexity index is 822. The summed E-state index contributed by atoms with van der Waals surface area (Å²) in [5, 5.41) is 34.4. The van der Waals surface area contributed by atoms with Gasteiger partial charge in [0.05, 0.1) is 12.0 Å². The number of likely N-dealkylation sites (tertiary alicyclic amines) is 1. The number of amides is 3. The molecule has 8 nitrogen and oxygen atoms in total. The van der Waals surface area contributed by atoms with E-state index in [9.17, 15) is 24.9 Å². The van der Waals surface area contributed by atoms with Crippen molar-refractivity contribution in [1.82, 2.24) is 15.5 Å². The minimum atomic E-state index is -1.71. The minimum Gasteiger partial charge on any atom is -0.426 e. The second kappa shape index (κ2) is 12.1. The first-order valence-corrected chi connectivity index (χ1v) is 11.7. The van der Waals surface area contributed by atoms with Gasteiger partial charge < -0.3 is 25.6 Å². The summed E-state index contributed by atoms with van der Waals surface area (Å²) >= 11 is 0. The highest BCUT2D eigenvalue weighted by Crippen LogP contribution is 2.31. The van der Waals surface area contributed by atoms with Crippen molar-refractivity contribution in [1.29, 1.82) is 5.26 Å². The molecular formula is C24H37BN4O4. The average Bonchev–Trinajstić information content (AvgIpc) is 3.20. The molecule has 2 unspecified atom stereocenters. The first kappa shape index (κ1) is 26.7. The zero-order valence-electron chi connectivity index (χ0n) is 20.1. The number of nitrogens with zero attached hydrogens (tertiary/aromatic N) is 2. The molecule has 33 heavy (non-hydrogen) atoms. The molecule has 1 fully saturated rings. The van der Waals surface area contributed by atoms with Crippen LogP contribution in [0.25, 0.3) is 0 Å². The normalized spacial score (nSPS) is 18.7. The molecule has 2 rings (SSSR count). The summed E-state index contributed by atoms with van der Waals surface area (Å²) in [5.74, 6) is -1.81. The number of benzene rings is 1. The van der Waals surface area contributed by atoms with Crippen LogP contribution in [0.2, 0.25) is 0 Å². The Labute approximate surface area is 197 Å². The van der Waals surface area contributed by atoms with Crippen LogP contribution < -0.4 is 10.6 Å². The van der Waals surface area contributed by atoms with Gasteiger partial charge in [-0.05, 0) is 42.6 Å². The highest BCUT2D eigenvalue weighted by molar-refractivity contribution is 6.43. The molecule has 1 aromatic rings. The van der Waals surface area contributed by atoms with Gasteiger partial charge in [0.25, 0.3) is 0 Å². The summed E-state index contributed by atoms with van der Waals surface area (Å²) in [6.07, 6.45) is 2.60.